The Labute approximate surface area is 210 Å². The third kappa shape index (κ3) is 5.06. The zero-order chi connectivity index (χ0) is 25.3. The van der Waals surface area contributed by atoms with Crippen molar-refractivity contribution in [2.45, 2.75) is 20.5 Å². The molecule has 0 bridgehead atoms. The molecule has 1 saturated heterocycles. The zero-order valence-corrected chi connectivity index (χ0v) is 20.2. The molecule has 1 aliphatic heterocycles. The molecule has 0 radical (unpaired) electrons. The number of rotatable bonds is 5. The summed E-state index contributed by atoms with van der Waals surface area (Å²) >= 11 is 12.7. The van der Waals surface area contributed by atoms with Crippen molar-refractivity contribution >= 4 is 52.8 Å². The summed E-state index contributed by atoms with van der Waals surface area (Å²) in [7, 11) is 0. The van der Waals surface area contributed by atoms with Crippen LogP contribution in [0.4, 0.5) is 14.9 Å². The number of urea groups is 1. The molecule has 0 atom stereocenters. The molecular weight excluding hydrogens is 494 g/mol. The van der Waals surface area contributed by atoms with Crippen molar-refractivity contribution in [2.24, 2.45) is 0 Å². The lowest BCUT2D eigenvalue weighted by Gasteiger charge is -2.27. The van der Waals surface area contributed by atoms with Crippen LogP contribution in [0.3, 0.4) is 0 Å². The van der Waals surface area contributed by atoms with E-state index in [4.69, 9.17) is 27.9 Å². The van der Waals surface area contributed by atoms with Gasteiger partial charge in [0.1, 0.15) is 18.0 Å². The highest BCUT2D eigenvalue weighted by molar-refractivity contribution is 6.40. The summed E-state index contributed by atoms with van der Waals surface area (Å²) in [4.78, 5) is 38.9. The van der Waals surface area contributed by atoms with Gasteiger partial charge in [-0.2, -0.15) is 0 Å². The van der Waals surface area contributed by atoms with E-state index in [0.717, 1.165) is 16.0 Å². The average Bonchev–Trinajstić information content (AvgIpc) is 2.79. The van der Waals surface area contributed by atoms with E-state index in [-0.39, 0.29) is 28.0 Å². The van der Waals surface area contributed by atoms with Crippen LogP contribution in [0.2, 0.25) is 10.0 Å². The average molecular weight is 513 g/mol. The van der Waals surface area contributed by atoms with E-state index in [0.29, 0.717) is 16.8 Å². The molecule has 3 aromatic rings. The topological polar surface area (TPSA) is 75.7 Å². The highest BCUT2D eigenvalue weighted by atomic mass is 35.5. The summed E-state index contributed by atoms with van der Waals surface area (Å²) in [5.41, 5.74) is 2.61. The number of halogens is 3. The molecule has 1 fully saturated rings. The minimum atomic E-state index is -0.841. The van der Waals surface area contributed by atoms with E-state index in [2.05, 4.69) is 5.32 Å². The van der Waals surface area contributed by atoms with Gasteiger partial charge in [-0.05, 0) is 66.9 Å². The van der Waals surface area contributed by atoms with Crippen LogP contribution in [0.15, 0.2) is 60.2 Å². The third-order valence-electron chi connectivity index (χ3n) is 5.51. The van der Waals surface area contributed by atoms with Crippen LogP contribution in [-0.4, -0.2) is 17.8 Å². The van der Waals surface area contributed by atoms with Gasteiger partial charge in [0.25, 0.3) is 11.8 Å². The Morgan fingerprint density at radius 3 is 2.31 bits per heavy atom. The number of ether oxygens (including phenoxy) is 1. The van der Waals surface area contributed by atoms with E-state index in [1.54, 1.807) is 36.4 Å². The minimum absolute atomic E-state index is 0.0967. The first kappa shape index (κ1) is 24.4. The number of benzene rings is 3. The number of hydrogen-bond donors (Lipinski definition) is 1. The first-order valence-electron chi connectivity index (χ1n) is 10.5. The first-order valence-corrected chi connectivity index (χ1v) is 11.2. The second kappa shape index (κ2) is 9.90. The molecule has 4 amide bonds. The van der Waals surface area contributed by atoms with E-state index in [9.17, 15) is 18.8 Å². The molecule has 0 saturated carbocycles. The molecule has 3 aromatic carbocycles. The van der Waals surface area contributed by atoms with Gasteiger partial charge >= 0.3 is 6.03 Å². The number of anilines is 1. The number of nitrogens with zero attached hydrogens (tertiary/aromatic N) is 1. The molecule has 4 rings (SSSR count). The lowest BCUT2D eigenvalue weighted by molar-refractivity contribution is -0.122. The lowest BCUT2D eigenvalue weighted by atomic mass is 10.0. The number of nitrogens with one attached hydrogen (secondary N) is 1. The van der Waals surface area contributed by atoms with Gasteiger partial charge in [-0.25, -0.2) is 14.1 Å². The smallest absolute Gasteiger partial charge is 0.335 e. The second-order valence-corrected chi connectivity index (χ2v) is 8.73. The predicted octanol–water partition coefficient (Wildman–Crippen LogP) is 5.99. The fourth-order valence-corrected chi connectivity index (χ4v) is 4.10. The van der Waals surface area contributed by atoms with Crippen molar-refractivity contribution in [1.82, 2.24) is 5.32 Å². The van der Waals surface area contributed by atoms with Crippen molar-refractivity contribution in [3.8, 4) is 5.75 Å². The van der Waals surface area contributed by atoms with Gasteiger partial charge in [-0.1, -0.05) is 47.5 Å². The van der Waals surface area contributed by atoms with Gasteiger partial charge in [0.05, 0.1) is 15.7 Å². The molecule has 9 heteroatoms. The summed E-state index contributed by atoms with van der Waals surface area (Å²) < 4.78 is 19.5. The fraction of sp³-hybridized carbons (Fsp3) is 0.115. The van der Waals surface area contributed by atoms with Gasteiger partial charge in [-0.3, -0.25) is 14.9 Å². The monoisotopic (exact) mass is 512 g/mol. The Balaban J connectivity index is 1.62. The molecule has 1 aliphatic rings. The van der Waals surface area contributed by atoms with E-state index in [1.807, 2.05) is 13.8 Å². The molecule has 178 valence electrons. The molecule has 35 heavy (non-hydrogen) atoms. The SMILES string of the molecule is Cc1ccc(N2C(=O)NC(=O)/C(=C\c3cc(Cl)c(OCc4ccccc4F)c(Cl)c3)C2=O)cc1C. The summed E-state index contributed by atoms with van der Waals surface area (Å²) in [6.45, 7) is 3.66. The van der Waals surface area contributed by atoms with E-state index in [1.165, 1.54) is 24.3 Å². The standard InChI is InChI=1S/C26H19Cl2FN2O4/c1-14-7-8-18(9-15(14)2)31-25(33)19(24(32)30-26(31)34)10-16-11-20(27)23(21(28)12-16)35-13-17-5-3-4-6-22(17)29/h3-12H,13H2,1-2H3,(H,30,32,34)/b19-10+. The predicted molar refractivity (Wildman–Crippen MR) is 132 cm³/mol. The Bertz CT molecular complexity index is 1380. The third-order valence-corrected chi connectivity index (χ3v) is 6.07. The van der Waals surface area contributed by atoms with Crippen LogP contribution in [-0.2, 0) is 16.2 Å². The molecule has 0 aromatic heterocycles. The van der Waals surface area contributed by atoms with E-state index < -0.39 is 23.7 Å². The highest BCUT2D eigenvalue weighted by Gasteiger charge is 2.37. The summed E-state index contributed by atoms with van der Waals surface area (Å²) in [6, 6.07) is 13.3. The quantitative estimate of drug-likeness (QED) is 0.336. The first-order chi connectivity index (χ1) is 16.7. The van der Waals surface area contributed by atoms with Gasteiger partial charge in [0.2, 0.25) is 0 Å². The van der Waals surface area contributed by atoms with Gasteiger partial charge in [-0.15, -0.1) is 0 Å². The van der Waals surface area contributed by atoms with Gasteiger partial charge < -0.3 is 4.74 Å². The molecular formula is C26H19Cl2FN2O4. The summed E-state index contributed by atoms with van der Waals surface area (Å²) in [6.07, 6.45) is 1.29. The van der Waals surface area contributed by atoms with Crippen molar-refractivity contribution in [3.05, 3.63) is 98.3 Å². The number of imide groups is 2. The Hall–Kier alpha value is -3.68. The summed E-state index contributed by atoms with van der Waals surface area (Å²) in [5.74, 6) is -1.92. The Kier molecular flexibility index (Phi) is 6.91. The van der Waals surface area contributed by atoms with Crippen LogP contribution in [0.1, 0.15) is 22.3 Å². The number of carbonyl (C=O) groups is 3. The summed E-state index contributed by atoms with van der Waals surface area (Å²) in [5, 5.41) is 2.39. The maximum atomic E-state index is 13.9. The van der Waals surface area contributed by atoms with Crippen LogP contribution in [0.25, 0.3) is 6.08 Å². The zero-order valence-electron chi connectivity index (χ0n) is 18.7. The maximum Gasteiger partial charge on any atom is 0.335 e. The number of barbiturate groups is 1. The number of amides is 4. The van der Waals surface area contributed by atoms with E-state index >= 15 is 0 Å². The fourth-order valence-electron chi connectivity index (χ4n) is 3.49. The molecule has 1 N–H and O–H groups in total. The number of aryl methyl sites for hydroxylation is 2. The molecule has 0 spiro atoms. The van der Waals surface area contributed by atoms with Crippen LogP contribution in [0.5, 0.6) is 5.75 Å². The number of carbonyl (C=O) groups excluding carboxylic acids is 3. The van der Waals surface area contributed by atoms with Crippen molar-refractivity contribution in [2.75, 3.05) is 4.90 Å². The minimum Gasteiger partial charge on any atom is -0.486 e. The Morgan fingerprint density at radius 1 is 0.971 bits per heavy atom. The van der Waals surface area contributed by atoms with Crippen LogP contribution in [0, 0.1) is 19.7 Å². The number of hydrogen-bond acceptors (Lipinski definition) is 4. The van der Waals surface area contributed by atoms with Crippen LogP contribution >= 0.6 is 23.2 Å². The van der Waals surface area contributed by atoms with Crippen molar-refractivity contribution < 1.29 is 23.5 Å². The highest BCUT2D eigenvalue weighted by Crippen LogP contribution is 2.36. The van der Waals surface area contributed by atoms with Crippen molar-refractivity contribution in [1.29, 1.82) is 0 Å². The second-order valence-electron chi connectivity index (χ2n) is 7.92. The van der Waals surface area contributed by atoms with Crippen LogP contribution < -0.4 is 15.0 Å². The van der Waals surface area contributed by atoms with Crippen molar-refractivity contribution in [3.63, 3.8) is 0 Å². The van der Waals surface area contributed by atoms with Gasteiger partial charge in [0.15, 0.2) is 5.75 Å². The molecule has 0 unspecified atom stereocenters. The Morgan fingerprint density at radius 2 is 1.66 bits per heavy atom. The largest absolute Gasteiger partial charge is 0.486 e. The molecule has 1 heterocycles. The lowest BCUT2D eigenvalue weighted by Crippen LogP contribution is -2.54. The molecule has 6 nitrogen and oxygen atoms in total. The van der Waals surface area contributed by atoms with Gasteiger partial charge in [0, 0.05) is 5.56 Å². The molecule has 0 aliphatic carbocycles. The normalized spacial score (nSPS) is 14.9. The maximum absolute atomic E-state index is 13.9.